The van der Waals surface area contributed by atoms with E-state index in [0.29, 0.717) is 19.4 Å². The molecular weight excluding hydrogens is 268 g/mol. The van der Waals surface area contributed by atoms with Gasteiger partial charge in [-0.25, -0.2) is 4.79 Å². The van der Waals surface area contributed by atoms with Gasteiger partial charge in [-0.2, -0.15) is 0 Å². The monoisotopic (exact) mass is 292 g/mol. The van der Waals surface area contributed by atoms with Gasteiger partial charge in [0.05, 0.1) is 0 Å². The van der Waals surface area contributed by atoms with Crippen LogP contribution in [0, 0.1) is 0 Å². The van der Waals surface area contributed by atoms with Crippen LogP contribution in [0.3, 0.4) is 0 Å². The van der Waals surface area contributed by atoms with E-state index in [9.17, 15) is 14.7 Å². The highest BCUT2D eigenvalue weighted by Crippen LogP contribution is 2.06. The lowest BCUT2D eigenvalue weighted by Gasteiger charge is -2.14. The Morgan fingerprint density at radius 1 is 1.10 bits per heavy atom. The highest BCUT2D eigenvalue weighted by molar-refractivity contribution is 5.83. The van der Waals surface area contributed by atoms with Crippen LogP contribution in [0.15, 0.2) is 30.3 Å². The van der Waals surface area contributed by atoms with E-state index in [-0.39, 0.29) is 5.91 Å². The standard InChI is InChI=1S/C16H24N2O3/c17-11-7-2-1-6-10-15(19)18-14(16(20)21)12-13-8-4-3-5-9-13/h3-5,8-9,14H,1-2,6-7,10-12,17H2,(H,18,19)(H,20,21)/t14-/m1/s1. The second-order valence-corrected chi connectivity index (χ2v) is 5.10. The minimum Gasteiger partial charge on any atom is -0.480 e. The summed E-state index contributed by atoms with van der Waals surface area (Å²) in [6.45, 7) is 0.671. The molecule has 1 amide bonds. The summed E-state index contributed by atoms with van der Waals surface area (Å²) >= 11 is 0. The van der Waals surface area contributed by atoms with E-state index in [1.54, 1.807) is 0 Å². The molecule has 4 N–H and O–H groups in total. The van der Waals surface area contributed by atoms with Crippen LogP contribution in [0.2, 0.25) is 0 Å². The van der Waals surface area contributed by atoms with Gasteiger partial charge in [0.2, 0.25) is 5.91 Å². The van der Waals surface area contributed by atoms with E-state index in [2.05, 4.69) is 5.32 Å². The van der Waals surface area contributed by atoms with Gasteiger partial charge in [-0.15, -0.1) is 0 Å². The van der Waals surface area contributed by atoms with Crippen LogP contribution < -0.4 is 11.1 Å². The highest BCUT2D eigenvalue weighted by atomic mass is 16.4. The van der Waals surface area contributed by atoms with E-state index in [4.69, 9.17) is 5.73 Å². The fraction of sp³-hybridized carbons (Fsp3) is 0.500. The van der Waals surface area contributed by atoms with Crippen LogP contribution in [-0.4, -0.2) is 29.6 Å². The molecule has 1 aromatic carbocycles. The smallest absolute Gasteiger partial charge is 0.326 e. The first-order chi connectivity index (χ1) is 10.1. The summed E-state index contributed by atoms with van der Waals surface area (Å²) < 4.78 is 0. The zero-order valence-corrected chi connectivity index (χ0v) is 12.3. The summed E-state index contributed by atoms with van der Waals surface area (Å²) in [5.41, 5.74) is 6.29. The lowest BCUT2D eigenvalue weighted by Crippen LogP contribution is -2.42. The molecule has 21 heavy (non-hydrogen) atoms. The number of hydrogen-bond acceptors (Lipinski definition) is 3. The quantitative estimate of drug-likeness (QED) is 0.572. The number of carbonyl (C=O) groups excluding carboxylic acids is 1. The topological polar surface area (TPSA) is 92.4 Å². The molecule has 0 heterocycles. The van der Waals surface area contributed by atoms with E-state index in [1.165, 1.54) is 0 Å². The van der Waals surface area contributed by atoms with Crippen molar-refractivity contribution >= 4 is 11.9 Å². The Balaban J connectivity index is 2.36. The molecule has 1 rings (SSSR count). The van der Waals surface area contributed by atoms with Crippen molar-refractivity contribution in [2.24, 2.45) is 5.73 Å². The Hall–Kier alpha value is -1.88. The molecule has 0 spiro atoms. The molecule has 0 fully saturated rings. The predicted molar refractivity (Wildman–Crippen MR) is 81.9 cm³/mol. The number of nitrogens with two attached hydrogens (primary N) is 1. The minimum atomic E-state index is -1.00. The number of benzene rings is 1. The van der Waals surface area contributed by atoms with Crippen molar-refractivity contribution in [3.05, 3.63) is 35.9 Å². The average Bonchev–Trinajstić information content (AvgIpc) is 2.47. The van der Waals surface area contributed by atoms with Crippen LogP contribution in [-0.2, 0) is 16.0 Å². The Labute approximate surface area is 125 Å². The van der Waals surface area contributed by atoms with Gasteiger partial charge in [-0.3, -0.25) is 4.79 Å². The van der Waals surface area contributed by atoms with E-state index < -0.39 is 12.0 Å². The molecule has 0 saturated carbocycles. The zero-order valence-electron chi connectivity index (χ0n) is 12.3. The average molecular weight is 292 g/mol. The summed E-state index contributed by atoms with van der Waals surface area (Å²) in [5.74, 6) is -1.21. The van der Waals surface area contributed by atoms with Crippen molar-refractivity contribution < 1.29 is 14.7 Å². The first-order valence-electron chi connectivity index (χ1n) is 7.39. The van der Waals surface area contributed by atoms with Crippen LogP contribution in [0.1, 0.15) is 37.7 Å². The Bertz CT molecular complexity index is 434. The third kappa shape index (κ3) is 7.46. The number of carboxylic acids is 1. The molecule has 0 radical (unpaired) electrons. The Morgan fingerprint density at radius 2 is 1.76 bits per heavy atom. The van der Waals surface area contributed by atoms with Crippen molar-refractivity contribution in [3.63, 3.8) is 0 Å². The number of nitrogens with one attached hydrogen (secondary N) is 1. The highest BCUT2D eigenvalue weighted by Gasteiger charge is 2.19. The van der Waals surface area contributed by atoms with Crippen molar-refractivity contribution in [3.8, 4) is 0 Å². The Kier molecular flexibility index (Phi) is 8.12. The van der Waals surface area contributed by atoms with Gasteiger partial charge < -0.3 is 16.2 Å². The maximum absolute atomic E-state index is 11.8. The molecule has 5 nitrogen and oxygen atoms in total. The number of hydrogen-bond donors (Lipinski definition) is 3. The minimum absolute atomic E-state index is 0.203. The third-order valence-electron chi connectivity index (χ3n) is 3.27. The van der Waals surface area contributed by atoms with E-state index >= 15 is 0 Å². The normalized spacial score (nSPS) is 11.9. The molecule has 1 atom stereocenters. The van der Waals surface area contributed by atoms with Gasteiger partial charge in [0.1, 0.15) is 6.04 Å². The van der Waals surface area contributed by atoms with Crippen LogP contribution in [0.4, 0.5) is 0 Å². The first kappa shape index (κ1) is 17.2. The fourth-order valence-electron chi connectivity index (χ4n) is 2.10. The lowest BCUT2D eigenvalue weighted by molar-refractivity contribution is -0.141. The van der Waals surface area contributed by atoms with Crippen molar-refractivity contribution in [1.29, 1.82) is 0 Å². The summed E-state index contributed by atoms with van der Waals surface area (Å²) in [5, 5.41) is 11.8. The third-order valence-corrected chi connectivity index (χ3v) is 3.27. The van der Waals surface area contributed by atoms with Gasteiger partial charge in [0.25, 0.3) is 0 Å². The van der Waals surface area contributed by atoms with Crippen LogP contribution >= 0.6 is 0 Å². The summed E-state index contributed by atoms with van der Waals surface area (Å²) in [6.07, 6.45) is 4.35. The number of aliphatic carboxylic acids is 1. The number of carboxylic acid groups (broad SMARTS) is 1. The van der Waals surface area contributed by atoms with Gasteiger partial charge in [-0.05, 0) is 24.9 Å². The SMILES string of the molecule is NCCCCCCC(=O)N[C@H](Cc1ccccc1)C(=O)O. The van der Waals surface area contributed by atoms with Gasteiger partial charge >= 0.3 is 5.97 Å². The first-order valence-corrected chi connectivity index (χ1v) is 7.39. The van der Waals surface area contributed by atoms with E-state index in [1.807, 2.05) is 30.3 Å². The molecule has 1 aromatic rings. The maximum atomic E-state index is 11.8. The Morgan fingerprint density at radius 3 is 2.38 bits per heavy atom. The maximum Gasteiger partial charge on any atom is 0.326 e. The molecule has 0 unspecified atom stereocenters. The number of unbranched alkanes of at least 4 members (excludes halogenated alkanes) is 3. The van der Waals surface area contributed by atoms with Gasteiger partial charge in [0.15, 0.2) is 0 Å². The largest absolute Gasteiger partial charge is 0.480 e. The fourth-order valence-corrected chi connectivity index (χ4v) is 2.10. The predicted octanol–water partition coefficient (Wildman–Crippen LogP) is 1.71. The molecule has 0 aliphatic rings. The lowest BCUT2D eigenvalue weighted by atomic mass is 10.1. The summed E-state index contributed by atoms with van der Waals surface area (Å²) in [7, 11) is 0. The van der Waals surface area contributed by atoms with Crippen LogP contribution in [0.5, 0.6) is 0 Å². The second kappa shape index (κ2) is 9.94. The zero-order chi connectivity index (χ0) is 15.5. The molecule has 0 saturated heterocycles. The van der Waals surface area contributed by atoms with Crippen molar-refractivity contribution in [2.45, 2.75) is 44.6 Å². The molecule has 0 aromatic heterocycles. The molecule has 5 heteroatoms. The second-order valence-electron chi connectivity index (χ2n) is 5.10. The van der Waals surface area contributed by atoms with Gasteiger partial charge in [0, 0.05) is 12.8 Å². The number of amides is 1. The molecule has 116 valence electrons. The molecule has 0 aliphatic carbocycles. The van der Waals surface area contributed by atoms with Gasteiger partial charge in [-0.1, -0.05) is 43.2 Å². The van der Waals surface area contributed by atoms with E-state index in [0.717, 1.165) is 31.2 Å². The molecule has 0 aliphatic heterocycles. The molecule has 0 bridgehead atoms. The number of rotatable bonds is 10. The van der Waals surface area contributed by atoms with Crippen molar-refractivity contribution in [2.75, 3.05) is 6.54 Å². The van der Waals surface area contributed by atoms with Crippen molar-refractivity contribution in [1.82, 2.24) is 5.32 Å². The van der Waals surface area contributed by atoms with Crippen LogP contribution in [0.25, 0.3) is 0 Å². The summed E-state index contributed by atoms with van der Waals surface area (Å²) in [6, 6.07) is 8.42. The molecular formula is C16H24N2O3. The summed E-state index contributed by atoms with van der Waals surface area (Å²) in [4.78, 5) is 23.0. The number of carbonyl (C=O) groups is 2.